The van der Waals surface area contributed by atoms with Crippen molar-refractivity contribution in [2.75, 3.05) is 57.6 Å². The molecule has 0 aromatic carbocycles. The molecule has 1 atom stereocenters. The zero-order valence-corrected chi connectivity index (χ0v) is 16.8. The van der Waals surface area contributed by atoms with E-state index in [9.17, 15) is 4.39 Å². The maximum absolute atomic E-state index is 13.9. The molecule has 3 rings (SSSR count). The molecular formula is C19H30FN7. The molecule has 0 unspecified atom stereocenters. The summed E-state index contributed by atoms with van der Waals surface area (Å²) < 4.78 is 16.2. The third-order valence-corrected chi connectivity index (χ3v) is 4.96. The second-order valence-corrected chi connectivity index (χ2v) is 7.66. The first kappa shape index (κ1) is 19.5. The van der Waals surface area contributed by atoms with E-state index in [1.807, 2.05) is 6.20 Å². The summed E-state index contributed by atoms with van der Waals surface area (Å²) in [4.78, 5) is 19.3. The van der Waals surface area contributed by atoms with Crippen LogP contribution < -0.4 is 9.80 Å². The third-order valence-electron chi connectivity index (χ3n) is 4.96. The molecule has 2 aromatic rings. The van der Waals surface area contributed by atoms with E-state index in [0.29, 0.717) is 17.7 Å². The Morgan fingerprint density at radius 1 is 1.22 bits per heavy atom. The molecule has 0 saturated carbocycles. The molecule has 1 aliphatic heterocycles. The van der Waals surface area contributed by atoms with E-state index in [0.717, 1.165) is 51.3 Å². The van der Waals surface area contributed by atoms with E-state index in [2.05, 4.69) is 49.6 Å². The number of nitrogens with zero attached hydrogens (tertiary/aromatic N) is 7. The lowest BCUT2D eigenvalue weighted by Gasteiger charge is -2.33. The smallest absolute Gasteiger partial charge is 0.227 e. The maximum atomic E-state index is 13.9. The Balaban J connectivity index is 1.72. The molecule has 0 aliphatic carbocycles. The van der Waals surface area contributed by atoms with Crippen molar-refractivity contribution in [2.24, 2.45) is 0 Å². The third kappa shape index (κ3) is 4.74. The summed E-state index contributed by atoms with van der Waals surface area (Å²) in [5.74, 6) is 1.99. The standard InChI is InChI=1S/C19H30FN7/c1-24(2)9-6-11-26-12-8-21-17(26)15-7-5-10-27(14-15)19-22-13-16(20)18(23-19)25(3)4/h8,12-13,15H,5-7,9-11,14H2,1-4H3/t15-/m1/s1. The van der Waals surface area contributed by atoms with Crippen LogP contribution in [0.4, 0.5) is 16.2 Å². The van der Waals surface area contributed by atoms with Gasteiger partial charge in [0, 0.05) is 52.0 Å². The molecule has 7 nitrogen and oxygen atoms in total. The van der Waals surface area contributed by atoms with Crippen molar-refractivity contribution >= 4 is 11.8 Å². The number of halogens is 1. The van der Waals surface area contributed by atoms with Crippen LogP contribution in [-0.4, -0.2) is 72.2 Å². The van der Waals surface area contributed by atoms with Crippen molar-refractivity contribution < 1.29 is 4.39 Å². The summed E-state index contributed by atoms with van der Waals surface area (Å²) in [7, 11) is 7.77. The first-order valence-electron chi connectivity index (χ1n) is 9.56. The SMILES string of the molecule is CN(C)CCCn1ccnc1[C@@H]1CCCN(c2ncc(F)c(N(C)C)n2)C1. The van der Waals surface area contributed by atoms with Crippen molar-refractivity contribution in [3.8, 4) is 0 Å². The largest absolute Gasteiger partial charge is 0.360 e. The van der Waals surface area contributed by atoms with E-state index in [1.54, 1.807) is 19.0 Å². The van der Waals surface area contributed by atoms with Crippen LogP contribution in [0.2, 0.25) is 0 Å². The number of hydrogen-bond donors (Lipinski definition) is 0. The van der Waals surface area contributed by atoms with Crippen LogP contribution in [-0.2, 0) is 6.54 Å². The van der Waals surface area contributed by atoms with Crippen LogP contribution in [0.15, 0.2) is 18.6 Å². The van der Waals surface area contributed by atoms with E-state index in [1.165, 1.54) is 6.20 Å². The number of hydrogen-bond acceptors (Lipinski definition) is 6. The highest BCUT2D eigenvalue weighted by Gasteiger charge is 2.26. The van der Waals surface area contributed by atoms with Crippen molar-refractivity contribution in [2.45, 2.75) is 31.7 Å². The van der Waals surface area contributed by atoms with Gasteiger partial charge < -0.3 is 19.3 Å². The fourth-order valence-electron chi connectivity index (χ4n) is 3.61. The molecule has 1 fully saturated rings. The lowest BCUT2D eigenvalue weighted by molar-refractivity contribution is 0.380. The number of rotatable bonds is 7. The Morgan fingerprint density at radius 3 is 2.78 bits per heavy atom. The summed E-state index contributed by atoms with van der Waals surface area (Å²) in [5.41, 5.74) is 0. The van der Waals surface area contributed by atoms with Gasteiger partial charge in [0.05, 0.1) is 6.20 Å². The highest BCUT2D eigenvalue weighted by atomic mass is 19.1. The summed E-state index contributed by atoms with van der Waals surface area (Å²) in [5, 5.41) is 0. The fraction of sp³-hybridized carbons (Fsp3) is 0.632. The van der Waals surface area contributed by atoms with Gasteiger partial charge in [-0.2, -0.15) is 4.98 Å². The number of aryl methyl sites for hydroxylation is 1. The normalized spacial score (nSPS) is 17.6. The summed E-state index contributed by atoms with van der Waals surface area (Å²) in [6.45, 7) is 3.73. The van der Waals surface area contributed by atoms with Gasteiger partial charge in [-0.15, -0.1) is 0 Å². The number of imidazole rings is 1. The number of anilines is 2. The molecule has 148 valence electrons. The second-order valence-electron chi connectivity index (χ2n) is 7.66. The van der Waals surface area contributed by atoms with E-state index in [4.69, 9.17) is 0 Å². The highest BCUT2D eigenvalue weighted by molar-refractivity contribution is 5.44. The van der Waals surface area contributed by atoms with Crippen LogP contribution in [0.3, 0.4) is 0 Å². The molecule has 0 radical (unpaired) electrons. The lowest BCUT2D eigenvalue weighted by atomic mass is 9.97. The first-order valence-corrected chi connectivity index (χ1v) is 9.56. The van der Waals surface area contributed by atoms with E-state index in [-0.39, 0.29) is 0 Å². The summed E-state index contributed by atoms with van der Waals surface area (Å²) >= 11 is 0. The van der Waals surface area contributed by atoms with E-state index >= 15 is 0 Å². The quantitative estimate of drug-likeness (QED) is 0.740. The highest BCUT2D eigenvalue weighted by Crippen LogP contribution is 2.29. The van der Waals surface area contributed by atoms with Gasteiger partial charge >= 0.3 is 0 Å². The van der Waals surface area contributed by atoms with E-state index < -0.39 is 5.82 Å². The van der Waals surface area contributed by atoms with Crippen LogP contribution in [0.5, 0.6) is 0 Å². The molecule has 1 aliphatic rings. The average molecular weight is 375 g/mol. The minimum atomic E-state index is -0.395. The summed E-state index contributed by atoms with van der Waals surface area (Å²) in [6, 6.07) is 0. The molecule has 27 heavy (non-hydrogen) atoms. The Labute approximate surface area is 160 Å². The van der Waals surface area contributed by atoms with Crippen molar-refractivity contribution in [3.05, 3.63) is 30.2 Å². The molecular weight excluding hydrogens is 345 g/mol. The molecule has 0 N–H and O–H groups in total. The first-order chi connectivity index (χ1) is 13.0. The number of aromatic nitrogens is 4. The Hall–Kier alpha value is -2.22. The molecule has 0 amide bonds. The molecule has 0 bridgehead atoms. The molecule has 2 aromatic heterocycles. The molecule has 3 heterocycles. The fourth-order valence-corrected chi connectivity index (χ4v) is 3.61. The zero-order chi connectivity index (χ0) is 19.4. The minimum absolute atomic E-state index is 0.326. The molecule has 1 saturated heterocycles. The second kappa shape index (κ2) is 8.65. The topological polar surface area (TPSA) is 53.3 Å². The van der Waals surface area contributed by atoms with Gasteiger partial charge in [-0.05, 0) is 39.9 Å². The van der Waals surface area contributed by atoms with Gasteiger partial charge in [0.2, 0.25) is 5.95 Å². The number of piperidine rings is 1. The predicted molar refractivity (Wildman–Crippen MR) is 106 cm³/mol. The van der Waals surface area contributed by atoms with Crippen LogP contribution in [0.1, 0.15) is 31.0 Å². The van der Waals surface area contributed by atoms with Crippen molar-refractivity contribution in [1.29, 1.82) is 0 Å². The minimum Gasteiger partial charge on any atom is -0.360 e. The van der Waals surface area contributed by atoms with Gasteiger partial charge in [-0.25, -0.2) is 14.4 Å². The predicted octanol–water partition coefficient (Wildman–Crippen LogP) is 2.21. The maximum Gasteiger partial charge on any atom is 0.227 e. The van der Waals surface area contributed by atoms with Gasteiger partial charge in [-0.3, -0.25) is 0 Å². The average Bonchev–Trinajstić information content (AvgIpc) is 3.10. The van der Waals surface area contributed by atoms with Crippen LogP contribution >= 0.6 is 0 Å². The van der Waals surface area contributed by atoms with Crippen LogP contribution in [0, 0.1) is 5.82 Å². The Kier molecular flexibility index (Phi) is 6.26. The molecule has 0 spiro atoms. The Morgan fingerprint density at radius 2 is 2.04 bits per heavy atom. The monoisotopic (exact) mass is 375 g/mol. The van der Waals surface area contributed by atoms with Gasteiger partial charge in [0.25, 0.3) is 0 Å². The van der Waals surface area contributed by atoms with Crippen molar-refractivity contribution in [1.82, 2.24) is 24.4 Å². The van der Waals surface area contributed by atoms with Gasteiger partial charge in [0.15, 0.2) is 11.6 Å². The van der Waals surface area contributed by atoms with Crippen LogP contribution in [0.25, 0.3) is 0 Å². The zero-order valence-electron chi connectivity index (χ0n) is 16.8. The molecule has 8 heteroatoms. The lowest BCUT2D eigenvalue weighted by Crippen LogP contribution is -2.37. The van der Waals surface area contributed by atoms with Crippen molar-refractivity contribution in [3.63, 3.8) is 0 Å². The Bertz CT molecular complexity index is 743. The van der Waals surface area contributed by atoms with Gasteiger partial charge in [0.1, 0.15) is 5.82 Å². The van der Waals surface area contributed by atoms with Gasteiger partial charge in [-0.1, -0.05) is 0 Å². The summed E-state index contributed by atoms with van der Waals surface area (Å²) in [6.07, 6.45) is 8.48.